The van der Waals surface area contributed by atoms with Crippen LogP contribution in [0, 0.1) is 6.92 Å². The molecule has 1 aliphatic carbocycles. The summed E-state index contributed by atoms with van der Waals surface area (Å²) in [5.74, 6) is 0. The van der Waals surface area contributed by atoms with E-state index < -0.39 is 0 Å². The summed E-state index contributed by atoms with van der Waals surface area (Å²) >= 11 is 0. The van der Waals surface area contributed by atoms with E-state index in [0.29, 0.717) is 0 Å². The lowest BCUT2D eigenvalue weighted by atomic mass is 9.85. The van der Waals surface area contributed by atoms with Crippen LogP contribution in [-0.2, 0) is 0 Å². The van der Waals surface area contributed by atoms with Crippen molar-refractivity contribution in [3.8, 4) is 22.3 Å². The van der Waals surface area contributed by atoms with Gasteiger partial charge in [-0.25, -0.2) is 0 Å². The van der Waals surface area contributed by atoms with Crippen LogP contribution in [0.4, 0.5) is 0 Å². The first-order chi connectivity index (χ1) is 21.5. The third kappa shape index (κ3) is 5.69. The monoisotopic (exact) mass is 568 g/mol. The molecule has 216 valence electrons. The molecule has 1 aliphatic rings. The van der Waals surface area contributed by atoms with Gasteiger partial charge in [-0.1, -0.05) is 140 Å². The van der Waals surface area contributed by atoms with Gasteiger partial charge in [-0.2, -0.15) is 0 Å². The molecule has 0 aliphatic heterocycles. The molecule has 0 aromatic heterocycles. The fourth-order valence-electron chi connectivity index (χ4n) is 6.47. The van der Waals surface area contributed by atoms with E-state index in [1.54, 1.807) is 0 Å². The summed E-state index contributed by atoms with van der Waals surface area (Å²) in [5.41, 5.74) is 11.4. The third-order valence-corrected chi connectivity index (χ3v) is 8.83. The Morgan fingerprint density at radius 3 is 1.98 bits per heavy atom. The number of allylic oxidation sites excluding steroid dienone is 9. The molecular weight excluding hydrogens is 528 g/mol. The lowest BCUT2D eigenvalue weighted by Gasteiger charge is -2.18. The summed E-state index contributed by atoms with van der Waals surface area (Å²) in [6, 6.07) is 31.8. The normalized spacial score (nSPS) is 14.0. The zero-order valence-electron chi connectivity index (χ0n) is 26.3. The molecule has 0 amide bonds. The Hall–Kier alpha value is -4.94. The van der Waals surface area contributed by atoms with Gasteiger partial charge in [-0.05, 0) is 123 Å². The minimum absolute atomic E-state index is 1.07. The zero-order valence-corrected chi connectivity index (χ0v) is 26.3. The highest BCUT2D eigenvalue weighted by atomic mass is 14.2. The maximum absolute atomic E-state index is 3.79. The minimum atomic E-state index is 1.07. The summed E-state index contributed by atoms with van der Waals surface area (Å²) in [4.78, 5) is 0. The number of aryl methyl sites for hydroxylation is 1. The molecule has 0 heterocycles. The van der Waals surface area contributed by atoms with Gasteiger partial charge in [0, 0.05) is 0 Å². The highest BCUT2D eigenvalue weighted by Gasteiger charge is 2.16. The second-order valence-electron chi connectivity index (χ2n) is 11.8. The van der Waals surface area contributed by atoms with Crippen LogP contribution in [0.3, 0.4) is 0 Å². The smallest absolute Gasteiger partial charge is 0.00295 e. The van der Waals surface area contributed by atoms with Gasteiger partial charge >= 0.3 is 0 Å². The number of hydrogen-bond acceptors (Lipinski definition) is 0. The van der Waals surface area contributed by atoms with Crippen LogP contribution in [0.2, 0.25) is 0 Å². The molecule has 0 N–H and O–H groups in total. The van der Waals surface area contributed by atoms with Crippen molar-refractivity contribution >= 4 is 39.3 Å². The first-order valence-corrected chi connectivity index (χ1v) is 15.7. The Kier molecular flexibility index (Phi) is 8.44. The van der Waals surface area contributed by atoms with Gasteiger partial charge in [-0.15, -0.1) is 0 Å². The van der Waals surface area contributed by atoms with Crippen molar-refractivity contribution < 1.29 is 0 Å². The fraction of sp³-hybridized carbons (Fsp3) is 0.136. The van der Waals surface area contributed by atoms with E-state index >= 15 is 0 Å². The van der Waals surface area contributed by atoms with Gasteiger partial charge in [-0.3, -0.25) is 0 Å². The number of benzene rings is 5. The van der Waals surface area contributed by atoms with Crippen LogP contribution in [0.25, 0.3) is 61.5 Å². The molecule has 0 atom stereocenters. The minimum Gasteiger partial charge on any atom is -0.0991 e. The van der Waals surface area contributed by atoms with E-state index in [1.165, 1.54) is 82.1 Å². The average molecular weight is 569 g/mol. The first-order valence-electron chi connectivity index (χ1n) is 15.7. The summed E-state index contributed by atoms with van der Waals surface area (Å²) in [6.45, 7) is 12.4. The van der Waals surface area contributed by atoms with E-state index in [9.17, 15) is 0 Å². The summed E-state index contributed by atoms with van der Waals surface area (Å²) in [7, 11) is 0. The van der Waals surface area contributed by atoms with Gasteiger partial charge < -0.3 is 0 Å². The molecule has 0 heteroatoms. The van der Waals surface area contributed by atoms with Crippen molar-refractivity contribution in [2.75, 3.05) is 0 Å². The predicted octanol–water partition coefficient (Wildman–Crippen LogP) is 11.0. The van der Waals surface area contributed by atoms with Crippen molar-refractivity contribution in [2.45, 2.75) is 40.5 Å². The van der Waals surface area contributed by atoms with Gasteiger partial charge in [0.15, 0.2) is 0 Å². The molecule has 0 saturated carbocycles. The summed E-state index contributed by atoms with van der Waals surface area (Å²) < 4.78 is 0. The maximum Gasteiger partial charge on any atom is -0.00295 e. The third-order valence-electron chi connectivity index (χ3n) is 8.83. The molecule has 0 saturated heterocycles. The van der Waals surface area contributed by atoms with E-state index in [-0.39, 0.29) is 0 Å². The number of rotatable bonds is 7. The van der Waals surface area contributed by atoms with E-state index in [0.717, 1.165) is 12.8 Å². The van der Waals surface area contributed by atoms with Gasteiger partial charge in [0.25, 0.3) is 0 Å². The van der Waals surface area contributed by atoms with Crippen LogP contribution in [0.5, 0.6) is 0 Å². The molecule has 6 rings (SSSR count). The van der Waals surface area contributed by atoms with E-state index in [2.05, 4.69) is 156 Å². The Balaban J connectivity index is 1.46. The van der Waals surface area contributed by atoms with Gasteiger partial charge in [0.2, 0.25) is 0 Å². The lowest BCUT2D eigenvalue weighted by Crippen LogP contribution is -2.31. The van der Waals surface area contributed by atoms with E-state index in [1.807, 2.05) is 12.2 Å². The Morgan fingerprint density at radius 2 is 1.32 bits per heavy atom. The maximum atomic E-state index is 3.79. The highest BCUT2D eigenvalue weighted by Crippen LogP contribution is 2.34. The molecule has 0 bridgehead atoms. The molecule has 0 nitrogen and oxygen atoms in total. The standard InChI is InChI=1S/C44H40/c1-6-8-13-33(7-2)31(4)19-20-32(5)34-22-24-35(25-23-34)43-39-14-9-11-16-41(39)44(42-17-12-10-15-40(42)43)38-27-26-36-28-30(3)18-21-37(36)29-38/h6-9,11,13-29H,1,10,12H2,2-5H3/b13-8-,31-19+,32-20+,33-7+. The van der Waals surface area contributed by atoms with Crippen molar-refractivity contribution in [3.63, 3.8) is 0 Å². The van der Waals surface area contributed by atoms with Gasteiger partial charge in [0.1, 0.15) is 0 Å². The van der Waals surface area contributed by atoms with Crippen molar-refractivity contribution in [1.82, 2.24) is 0 Å². The van der Waals surface area contributed by atoms with Crippen molar-refractivity contribution in [1.29, 1.82) is 0 Å². The molecule has 5 aromatic rings. The Labute approximate surface area is 262 Å². The molecule has 44 heavy (non-hydrogen) atoms. The average Bonchev–Trinajstić information content (AvgIpc) is 3.06. The topological polar surface area (TPSA) is 0 Å². The summed E-state index contributed by atoms with van der Waals surface area (Å²) in [6.07, 6.45) is 19.5. The number of fused-ring (bicyclic) bond motifs is 3. The molecule has 0 unspecified atom stereocenters. The van der Waals surface area contributed by atoms with E-state index in [4.69, 9.17) is 0 Å². The molecule has 5 aromatic carbocycles. The zero-order chi connectivity index (χ0) is 30.6. The predicted molar refractivity (Wildman–Crippen MR) is 195 cm³/mol. The Bertz CT molecular complexity index is 2140. The summed E-state index contributed by atoms with van der Waals surface area (Å²) in [5, 5.41) is 7.92. The lowest BCUT2D eigenvalue weighted by molar-refractivity contribution is 1.12. The number of hydrogen-bond donors (Lipinski definition) is 0. The first kappa shape index (κ1) is 29.1. The van der Waals surface area contributed by atoms with Crippen molar-refractivity contribution in [2.24, 2.45) is 0 Å². The molecule has 0 spiro atoms. The van der Waals surface area contributed by atoms with Crippen LogP contribution in [-0.4, -0.2) is 0 Å². The van der Waals surface area contributed by atoms with Crippen molar-refractivity contribution in [3.05, 3.63) is 161 Å². The molecule has 0 fully saturated rings. The second-order valence-corrected chi connectivity index (χ2v) is 11.8. The van der Waals surface area contributed by atoms with Gasteiger partial charge in [0.05, 0.1) is 0 Å². The Morgan fingerprint density at radius 1 is 0.705 bits per heavy atom. The molecular formula is C44H40. The van der Waals surface area contributed by atoms with Crippen LogP contribution in [0.1, 0.15) is 44.7 Å². The fourth-order valence-corrected chi connectivity index (χ4v) is 6.47. The SMILES string of the molecule is C=C\C=C/C(=C\C)C(/C)=C/C=C(\C)c1ccc(-c2c3c(c(-c4ccc5cc(C)ccc5c4)c4ccccc24)=CCCC=3)cc1. The van der Waals surface area contributed by atoms with Crippen LogP contribution in [0.15, 0.2) is 139 Å². The largest absolute Gasteiger partial charge is 0.0991 e. The quantitative estimate of drug-likeness (QED) is 0.171. The second kappa shape index (κ2) is 12.7. The molecule has 0 radical (unpaired) electrons. The van der Waals surface area contributed by atoms with Crippen LogP contribution >= 0.6 is 0 Å². The highest BCUT2D eigenvalue weighted by molar-refractivity contribution is 6.06. The van der Waals surface area contributed by atoms with Crippen LogP contribution < -0.4 is 10.4 Å².